The van der Waals surface area contributed by atoms with Gasteiger partial charge in [0.25, 0.3) is 11.8 Å². The van der Waals surface area contributed by atoms with Crippen molar-refractivity contribution in [3.05, 3.63) is 135 Å². The van der Waals surface area contributed by atoms with E-state index in [9.17, 15) is 23.9 Å². The molecule has 12 heteroatoms. The van der Waals surface area contributed by atoms with Gasteiger partial charge in [-0.25, -0.2) is 4.39 Å². The molecule has 9 nitrogen and oxygen atoms in total. The summed E-state index contributed by atoms with van der Waals surface area (Å²) < 4.78 is 20.0. The number of hydrogen-bond acceptors (Lipinski definition) is 7. The summed E-state index contributed by atoms with van der Waals surface area (Å²) in [5.74, 6) is -6.46. The number of hydrogen-bond donors (Lipinski definition) is 2. The highest BCUT2D eigenvalue weighted by molar-refractivity contribution is 9.10. The number of aromatic hydroxyl groups is 1. The van der Waals surface area contributed by atoms with Crippen LogP contribution in [0.1, 0.15) is 35.4 Å². The highest BCUT2D eigenvalue weighted by atomic mass is 79.9. The molecule has 4 amide bonds. The van der Waals surface area contributed by atoms with E-state index in [1.165, 1.54) is 36.3 Å². The summed E-state index contributed by atoms with van der Waals surface area (Å²) in [5.41, 5.74) is 3.86. The van der Waals surface area contributed by atoms with Crippen molar-refractivity contribution in [2.24, 2.45) is 23.7 Å². The van der Waals surface area contributed by atoms with Gasteiger partial charge in [0.2, 0.25) is 11.8 Å². The minimum atomic E-state index is -1.65. The number of carbonyl (C=O) groups excluding carboxylic acids is 4. The first-order valence-electron chi connectivity index (χ1n) is 16.9. The maximum absolute atomic E-state index is 15.3. The molecule has 6 atom stereocenters. The van der Waals surface area contributed by atoms with Crippen LogP contribution in [0.3, 0.4) is 0 Å². The number of nitrogens with zero attached hydrogens (tertiary/aromatic N) is 2. The minimum absolute atomic E-state index is 0.0718. The normalized spacial score (nSPS) is 26.5. The van der Waals surface area contributed by atoms with Gasteiger partial charge in [0.15, 0.2) is 11.5 Å². The largest absolute Gasteiger partial charge is 0.504 e. The number of fused-ring (bicyclic) bond motifs is 4. The molecule has 6 unspecified atom stereocenters. The Kier molecular flexibility index (Phi) is 8.46. The molecule has 8 rings (SSSR count). The fraction of sp³-hybridized carbons (Fsp3) is 0.250. The molecule has 2 N–H and O–H groups in total. The van der Waals surface area contributed by atoms with Crippen LogP contribution in [-0.2, 0) is 31.1 Å². The number of rotatable bonds is 7. The van der Waals surface area contributed by atoms with E-state index in [2.05, 4.69) is 21.4 Å². The molecule has 52 heavy (non-hydrogen) atoms. The Hall–Kier alpha value is -5.00. The Morgan fingerprint density at radius 1 is 0.942 bits per heavy atom. The average Bonchev–Trinajstić information content (AvgIpc) is 3.51. The van der Waals surface area contributed by atoms with Crippen molar-refractivity contribution in [1.82, 2.24) is 9.91 Å². The van der Waals surface area contributed by atoms with E-state index in [1.807, 2.05) is 36.4 Å². The van der Waals surface area contributed by atoms with Gasteiger partial charge in [-0.2, -0.15) is 5.01 Å². The lowest BCUT2D eigenvalue weighted by atomic mass is 9.49. The number of anilines is 1. The van der Waals surface area contributed by atoms with Crippen LogP contribution in [0.25, 0.3) is 0 Å². The zero-order valence-electron chi connectivity index (χ0n) is 27.8. The second-order valence-electron chi connectivity index (χ2n) is 13.7. The van der Waals surface area contributed by atoms with Crippen molar-refractivity contribution in [2.45, 2.75) is 30.7 Å². The van der Waals surface area contributed by atoms with Crippen LogP contribution >= 0.6 is 27.5 Å². The van der Waals surface area contributed by atoms with Gasteiger partial charge in [0, 0.05) is 21.0 Å². The standard InChI is InChI=1S/C40H32BrClFN3O6/c1-52-32-18-23(41)17-30(35(32)47)34-27-15-16-28-33(38(50)45(36(28)48)20-21-5-3-2-4-6-21)29(27)19-31-37(49)46(44-26-13-11-25(43)12-14-26)39(51)40(31,34)22-7-9-24(42)10-8-22/h2-15,17-18,28-29,31,33-34,44,47H,16,19-20H2,1H3. The van der Waals surface area contributed by atoms with E-state index >= 15 is 4.79 Å². The maximum atomic E-state index is 15.3. The molecule has 2 saturated heterocycles. The van der Waals surface area contributed by atoms with Crippen molar-refractivity contribution < 1.29 is 33.4 Å². The van der Waals surface area contributed by atoms with Gasteiger partial charge in [-0.3, -0.25) is 29.5 Å². The number of imide groups is 2. The molecule has 264 valence electrons. The lowest BCUT2D eigenvalue weighted by Gasteiger charge is -2.50. The summed E-state index contributed by atoms with van der Waals surface area (Å²) in [4.78, 5) is 59.7. The lowest BCUT2D eigenvalue weighted by Crippen LogP contribution is -2.53. The zero-order chi connectivity index (χ0) is 36.5. The molecule has 0 radical (unpaired) electrons. The predicted octanol–water partition coefficient (Wildman–Crippen LogP) is 7.14. The number of methoxy groups -OCH3 is 1. The lowest BCUT2D eigenvalue weighted by molar-refractivity contribution is -0.142. The number of allylic oxidation sites excluding steroid dienone is 2. The highest BCUT2D eigenvalue weighted by Crippen LogP contribution is 2.65. The van der Waals surface area contributed by atoms with Gasteiger partial charge in [-0.15, -0.1) is 0 Å². The van der Waals surface area contributed by atoms with Gasteiger partial charge < -0.3 is 9.84 Å². The molecule has 4 aromatic carbocycles. The van der Waals surface area contributed by atoms with E-state index in [0.29, 0.717) is 31.9 Å². The Balaban J connectivity index is 1.33. The number of benzene rings is 4. The van der Waals surface area contributed by atoms with Gasteiger partial charge in [-0.1, -0.05) is 81.6 Å². The second-order valence-corrected chi connectivity index (χ2v) is 15.0. The Bertz CT molecular complexity index is 2160. The Morgan fingerprint density at radius 2 is 1.65 bits per heavy atom. The van der Waals surface area contributed by atoms with Crippen LogP contribution in [-0.4, -0.2) is 45.8 Å². The Labute approximate surface area is 312 Å². The van der Waals surface area contributed by atoms with Crippen LogP contribution in [0.4, 0.5) is 10.1 Å². The van der Waals surface area contributed by atoms with Crippen molar-refractivity contribution in [1.29, 1.82) is 0 Å². The third-order valence-corrected chi connectivity index (χ3v) is 11.8. The van der Waals surface area contributed by atoms with Gasteiger partial charge >= 0.3 is 0 Å². The SMILES string of the molecule is COc1cc(Br)cc(C2C3=CCC4C(=O)N(Cc5ccccc5)C(=O)C4C3CC3C(=O)N(Nc4ccc(F)cc4)C(=O)C32c2ccc(Cl)cc2)c1O. The summed E-state index contributed by atoms with van der Waals surface area (Å²) in [6.45, 7) is 0.117. The predicted molar refractivity (Wildman–Crippen MR) is 193 cm³/mol. The van der Waals surface area contributed by atoms with Crippen LogP contribution < -0.4 is 10.2 Å². The number of amides is 4. The van der Waals surface area contributed by atoms with Crippen LogP contribution in [0.2, 0.25) is 5.02 Å². The first kappa shape index (κ1) is 34.1. The molecule has 2 aliphatic carbocycles. The fourth-order valence-electron chi connectivity index (χ4n) is 8.96. The Morgan fingerprint density at radius 3 is 2.35 bits per heavy atom. The fourth-order valence-corrected chi connectivity index (χ4v) is 9.54. The molecule has 2 heterocycles. The van der Waals surface area contributed by atoms with Gasteiger partial charge in [0.1, 0.15) is 5.82 Å². The van der Waals surface area contributed by atoms with E-state index in [4.69, 9.17) is 16.3 Å². The van der Waals surface area contributed by atoms with Crippen LogP contribution in [0.5, 0.6) is 11.5 Å². The third kappa shape index (κ3) is 5.16. The number of carbonyl (C=O) groups is 4. The summed E-state index contributed by atoms with van der Waals surface area (Å²) >= 11 is 9.91. The van der Waals surface area contributed by atoms with Crippen molar-refractivity contribution >= 4 is 56.8 Å². The zero-order valence-corrected chi connectivity index (χ0v) is 30.1. The van der Waals surface area contributed by atoms with Gasteiger partial charge in [0.05, 0.1) is 42.5 Å². The third-order valence-electron chi connectivity index (χ3n) is 11.1. The molecule has 0 spiro atoms. The number of nitrogens with one attached hydrogen (secondary N) is 1. The highest BCUT2D eigenvalue weighted by Gasteiger charge is 2.70. The molecular formula is C40H32BrClFN3O6. The number of likely N-dealkylation sites (tertiary alicyclic amines) is 1. The van der Waals surface area contributed by atoms with Gasteiger partial charge in [-0.05, 0) is 78.4 Å². The summed E-state index contributed by atoms with van der Waals surface area (Å²) in [7, 11) is 1.42. The van der Waals surface area contributed by atoms with Crippen LogP contribution in [0.15, 0.2) is 107 Å². The van der Waals surface area contributed by atoms with Crippen molar-refractivity contribution in [3.63, 3.8) is 0 Å². The summed E-state index contributed by atoms with van der Waals surface area (Å²) in [5, 5.41) is 13.2. The maximum Gasteiger partial charge on any atom is 0.260 e. The molecule has 4 aliphatic rings. The molecular weight excluding hydrogens is 753 g/mol. The molecule has 1 saturated carbocycles. The number of hydrazine groups is 1. The molecule has 4 aromatic rings. The number of phenols is 1. The first-order chi connectivity index (χ1) is 25.0. The smallest absolute Gasteiger partial charge is 0.260 e. The van der Waals surface area contributed by atoms with Crippen LogP contribution in [0, 0.1) is 29.5 Å². The number of halogens is 3. The topological polar surface area (TPSA) is 116 Å². The number of ether oxygens (including phenoxy) is 1. The summed E-state index contributed by atoms with van der Waals surface area (Å²) in [6.07, 6.45) is 2.22. The quantitative estimate of drug-likeness (QED) is 0.151. The second kappa shape index (κ2) is 12.9. The molecule has 0 aromatic heterocycles. The van der Waals surface area contributed by atoms with Crippen molar-refractivity contribution in [3.8, 4) is 11.5 Å². The number of phenolic OH excluding ortho intramolecular Hbond substituents is 1. The average molecular weight is 785 g/mol. The molecule has 0 bridgehead atoms. The summed E-state index contributed by atoms with van der Waals surface area (Å²) in [6, 6.07) is 24.6. The molecule has 3 fully saturated rings. The first-order valence-corrected chi connectivity index (χ1v) is 18.0. The van der Waals surface area contributed by atoms with Crippen molar-refractivity contribution in [2.75, 3.05) is 12.5 Å². The van der Waals surface area contributed by atoms with E-state index < -0.39 is 52.6 Å². The minimum Gasteiger partial charge on any atom is -0.504 e. The monoisotopic (exact) mass is 783 g/mol. The van der Waals surface area contributed by atoms with E-state index in [1.54, 1.807) is 36.4 Å². The van der Waals surface area contributed by atoms with E-state index in [-0.39, 0.29) is 42.7 Å². The van der Waals surface area contributed by atoms with E-state index in [0.717, 1.165) is 10.6 Å². The molecule has 2 aliphatic heterocycles.